The number of rotatable bonds is 2. The Labute approximate surface area is 109 Å². The molecule has 17 heavy (non-hydrogen) atoms. The van der Waals surface area contributed by atoms with E-state index in [-0.39, 0.29) is 11.7 Å². The summed E-state index contributed by atoms with van der Waals surface area (Å²) >= 11 is 3.35. The van der Waals surface area contributed by atoms with Crippen LogP contribution in [0.25, 0.3) is 0 Å². The number of hydrogen-bond donors (Lipinski definition) is 0. The van der Waals surface area contributed by atoms with Gasteiger partial charge in [-0.3, -0.25) is 4.79 Å². The molecule has 1 saturated heterocycles. The van der Waals surface area contributed by atoms with Gasteiger partial charge in [-0.2, -0.15) is 5.10 Å². The van der Waals surface area contributed by atoms with Crippen LogP contribution in [-0.4, -0.2) is 36.1 Å². The zero-order valence-electron chi connectivity index (χ0n) is 10.0. The first-order valence-electron chi connectivity index (χ1n) is 5.63. The van der Waals surface area contributed by atoms with E-state index >= 15 is 0 Å². The standard InChI is InChI=1S/C11H16BrN3O2/c1-14-11(16)10(12)9(6-13-14)15-5-3-4-8(7-15)17-2/h6,8H,3-5,7H2,1-2H3. The molecule has 6 heteroatoms. The number of hydrogen-bond acceptors (Lipinski definition) is 4. The van der Waals surface area contributed by atoms with Crippen molar-refractivity contribution in [3.63, 3.8) is 0 Å². The number of aryl methyl sites for hydroxylation is 1. The molecular weight excluding hydrogens is 286 g/mol. The number of piperidine rings is 1. The van der Waals surface area contributed by atoms with Crippen LogP contribution in [0.5, 0.6) is 0 Å². The van der Waals surface area contributed by atoms with Crippen molar-refractivity contribution in [3.05, 3.63) is 21.0 Å². The highest BCUT2D eigenvalue weighted by molar-refractivity contribution is 9.10. The summed E-state index contributed by atoms with van der Waals surface area (Å²) in [5.74, 6) is 0. The van der Waals surface area contributed by atoms with Gasteiger partial charge in [0.1, 0.15) is 4.47 Å². The summed E-state index contributed by atoms with van der Waals surface area (Å²) in [6.45, 7) is 1.75. The van der Waals surface area contributed by atoms with E-state index in [1.54, 1.807) is 20.4 Å². The van der Waals surface area contributed by atoms with Gasteiger partial charge in [-0.25, -0.2) is 4.68 Å². The topological polar surface area (TPSA) is 47.4 Å². The molecule has 1 aliphatic rings. The van der Waals surface area contributed by atoms with Gasteiger partial charge in [-0.15, -0.1) is 0 Å². The largest absolute Gasteiger partial charge is 0.380 e. The van der Waals surface area contributed by atoms with Crippen molar-refractivity contribution in [1.29, 1.82) is 0 Å². The van der Waals surface area contributed by atoms with E-state index in [9.17, 15) is 4.79 Å². The Hall–Kier alpha value is -0.880. The van der Waals surface area contributed by atoms with Gasteiger partial charge < -0.3 is 9.64 Å². The van der Waals surface area contributed by atoms with Crippen LogP contribution in [0.3, 0.4) is 0 Å². The van der Waals surface area contributed by atoms with E-state index in [1.807, 2.05) is 0 Å². The molecule has 94 valence electrons. The fourth-order valence-corrected chi connectivity index (χ4v) is 2.68. The van der Waals surface area contributed by atoms with Crippen molar-refractivity contribution < 1.29 is 4.74 Å². The maximum atomic E-state index is 11.8. The quantitative estimate of drug-likeness (QED) is 0.822. The third kappa shape index (κ3) is 2.52. The molecule has 0 aliphatic carbocycles. The van der Waals surface area contributed by atoms with E-state index in [1.165, 1.54) is 4.68 Å². The third-order valence-corrected chi connectivity index (χ3v) is 3.86. The second-order valence-electron chi connectivity index (χ2n) is 4.22. The molecule has 2 heterocycles. The van der Waals surface area contributed by atoms with Crippen LogP contribution in [0.4, 0.5) is 5.69 Å². The second kappa shape index (κ2) is 5.18. The Balaban J connectivity index is 2.28. The first-order valence-corrected chi connectivity index (χ1v) is 6.42. The molecule has 0 spiro atoms. The van der Waals surface area contributed by atoms with Gasteiger partial charge in [0.05, 0.1) is 18.0 Å². The van der Waals surface area contributed by atoms with Crippen molar-refractivity contribution in [2.45, 2.75) is 18.9 Å². The number of methoxy groups -OCH3 is 1. The molecule has 0 bridgehead atoms. The molecule has 1 aromatic heterocycles. The first kappa shape index (κ1) is 12.6. The van der Waals surface area contributed by atoms with Gasteiger partial charge in [-0.1, -0.05) is 0 Å². The van der Waals surface area contributed by atoms with Gasteiger partial charge in [0.15, 0.2) is 0 Å². The molecule has 1 unspecified atom stereocenters. The zero-order chi connectivity index (χ0) is 12.4. The molecule has 0 radical (unpaired) electrons. The fraction of sp³-hybridized carbons (Fsp3) is 0.636. The van der Waals surface area contributed by atoms with Gasteiger partial charge >= 0.3 is 0 Å². The van der Waals surface area contributed by atoms with E-state index in [0.29, 0.717) is 4.47 Å². The van der Waals surface area contributed by atoms with Crippen LogP contribution in [-0.2, 0) is 11.8 Å². The van der Waals surface area contributed by atoms with Gasteiger partial charge in [0.2, 0.25) is 0 Å². The van der Waals surface area contributed by atoms with Crippen LogP contribution < -0.4 is 10.5 Å². The molecule has 0 N–H and O–H groups in total. The number of nitrogens with zero attached hydrogens (tertiary/aromatic N) is 3. The van der Waals surface area contributed by atoms with Crippen LogP contribution in [0.1, 0.15) is 12.8 Å². The highest BCUT2D eigenvalue weighted by Crippen LogP contribution is 2.25. The molecule has 1 aliphatic heterocycles. The summed E-state index contributed by atoms with van der Waals surface area (Å²) in [5.41, 5.74) is 0.747. The van der Waals surface area contributed by atoms with Crippen LogP contribution in [0.15, 0.2) is 15.5 Å². The van der Waals surface area contributed by atoms with Crippen LogP contribution >= 0.6 is 15.9 Å². The number of anilines is 1. The summed E-state index contributed by atoms with van der Waals surface area (Å²) in [5, 5.41) is 4.06. The Morgan fingerprint density at radius 1 is 1.59 bits per heavy atom. The highest BCUT2D eigenvalue weighted by Gasteiger charge is 2.22. The summed E-state index contributed by atoms with van der Waals surface area (Å²) in [6.07, 6.45) is 4.10. The van der Waals surface area contributed by atoms with Crippen LogP contribution in [0.2, 0.25) is 0 Å². The number of ether oxygens (including phenoxy) is 1. The molecule has 5 nitrogen and oxygen atoms in total. The smallest absolute Gasteiger partial charge is 0.282 e. The monoisotopic (exact) mass is 301 g/mol. The highest BCUT2D eigenvalue weighted by atomic mass is 79.9. The lowest BCUT2D eigenvalue weighted by atomic mass is 10.1. The third-order valence-electron chi connectivity index (χ3n) is 3.11. The predicted octanol–water partition coefficient (Wildman–Crippen LogP) is 1.16. The number of halogens is 1. The van der Waals surface area contributed by atoms with Gasteiger partial charge in [-0.05, 0) is 28.8 Å². The van der Waals surface area contributed by atoms with Crippen molar-refractivity contribution in [1.82, 2.24) is 9.78 Å². The second-order valence-corrected chi connectivity index (χ2v) is 5.01. The fourth-order valence-electron chi connectivity index (χ4n) is 2.07. The van der Waals surface area contributed by atoms with Gasteiger partial charge in [0.25, 0.3) is 5.56 Å². The van der Waals surface area contributed by atoms with Crippen molar-refractivity contribution in [2.24, 2.45) is 7.05 Å². The molecule has 0 amide bonds. The minimum Gasteiger partial charge on any atom is -0.380 e. The lowest BCUT2D eigenvalue weighted by Gasteiger charge is -2.33. The van der Waals surface area contributed by atoms with Crippen LogP contribution in [0, 0.1) is 0 Å². The summed E-state index contributed by atoms with van der Waals surface area (Å²) in [7, 11) is 3.37. The minimum atomic E-state index is -0.109. The molecular formula is C11H16BrN3O2. The average molecular weight is 302 g/mol. The molecule has 0 aromatic carbocycles. The van der Waals surface area contributed by atoms with E-state index in [4.69, 9.17) is 4.74 Å². The number of aromatic nitrogens is 2. The first-order chi connectivity index (χ1) is 8.13. The average Bonchev–Trinajstić information content (AvgIpc) is 2.36. The Morgan fingerprint density at radius 2 is 2.35 bits per heavy atom. The van der Waals surface area contributed by atoms with Crippen molar-refractivity contribution in [3.8, 4) is 0 Å². The minimum absolute atomic E-state index is 0.109. The van der Waals surface area contributed by atoms with E-state index in [0.717, 1.165) is 31.6 Å². The lowest BCUT2D eigenvalue weighted by molar-refractivity contribution is 0.0893. The Kier molecular flexibility index (Phi) is 3.83. The van der Waals surface area contributed by atoms with Crippen molar-refractivity contribution in [2.75, 3.05) is 25.1 Å². The summed E-state index contributed by atoms with van der Waals surface area (Å²) in [4.78, 5) is 13.9. The molecule has 2 rings (SSSR count). The van der Waals surface area contributed by atoms with Crippen molar-refractivity contribution >= 4 is 21.6 Å². The SMILES string of the molecule is COC1CCCN(c2cnn(C)c(=O)c2Br)C1. The lowest BCUT2D eigenvalue weighted by Crippen LogP contribution is -2.40. The molecule has 1 fully saturated rings. The predicted molar refractivity (Wildman–Crippen MR) is 69.4 cm³/mol. The molecule has 1 atom stereocenters. The maximum absolute atomic E-state index is 11.8. The Morgan fingerprint density at radius 3 is 3.06 bits per heavy atom. The Bertz CT molecular complexity index is 461. The van der Waals surface area contributed by atoms with Gasteiger partial charge in [0, 0.05) is 27.2 Å². The summed E-state index contributed by atoms with van der Waals surface area (Å²) < 4.78 is 7.28. The summed E-state index contributed by atoms with van der Waals surface area (Å²) in [6, 6.07) is 0. The molecule has 1 aromatic rings. The zero-order valence-corrected chi connectivity index (χ0v) is 11.6. The van der Waals surface area contributed by atoms with E-state index in [2.05, 4.69) is 25.9 Å². The van der Waals surface area contributed by atoms with E-state index < -0.39 is 0 Å². The maximum Gasteiger partial charge on any atom is 0.282 e. The molecule has 0 saturated carbocycles. The normalized spacial score (nSPS) is 20.6.